The molecule has 0 unspecified atom stereocenters. The summed E-state index contributed by atoms with van der Waals surface area (Å²) in [6, 6.07) is 9.98. The first-order valence-corrected chi connectivity index (χ1v) is 4.93. The zero-order valence-corrected chi connectivity index (χ0v) is 8.47. The van der Waals surface area contributed by atoms with Crippen molar-refractivity contribution in [1.29, 1.82) is 0 Å². The zero-order chi connectivity index (χ0) is 9.80. The van der Waals surface area contributed by atoms with E-state index in [1.165, 1.54) is 0 Å². The Morgan fingerprint density at radius 1 is 1.29 bits per heavy atom. The highest BCUT2D eigenvalue weighted by Gasteiger charge is 2.07. The molecule has 1 aromatic rings. The number of hydrogen-bond acceptors (Lipinski definition) is 2. The number of nitrogens with zero attached hydrogens (tertiary/aromatic N) is 1. The Kier molecular flexibility index (Phi) is 2.74. The second-order valence-electron chi connectivity index (χ2n) is 3.03. The van der Waals surface area contributed by atoms with E-state index in [2.05, 4.69) is 15.6 Å². The smallest absolute Gasteiger partial charge is 0.194 e. The Morgan fingerprint density at radius 2 is 2.07 bits per heavy atom. The second kappa shape index (κ2) is 4.19. The normalized spacial score (nSPS) is 15.7. The molecule has 1 aromatic carbocycles. The molecule has 0 saturated carbocycles. The van der Waals surface area contributed by atoms with E-state index in [9.17, 15) is 0 Å². The first kappa shape index (κ1) is 9.15. The molecule has 0 saturated heterocycles. The van der Waals surface area contributed by atoms with Gasteiger partial charge in [0.05, 0.1) is 0 Å². The van der Waals surface area contributed by atoms with Crippen LogP contribution < -0.4 is 10.6 Å². The third-order valence-corrected chi connectivity index (χ3v) is 2.17. The molecule has 0 aromatic heterocycles. The third-order valence-electron chi connectivity index (χ3n) is 1.94. The molecule has 1 aliphatic rings. The minimum atomic E-state index is 0.565. The van der Waals surface area contributed by atoms with Crippen LogP contribution >= 0.6 is 12.2 Å². The van der Waals surface area contributed by atoms with E-state index in [1.807, 2.05) is 30.3 Å². The van der Waals surface area contributed by atoms with Gasteiger partial charge < -0.3 is 10.6 Å². The number of thiocarbonyl (C=S) groups is 1. The van der Waals surface area contributed by atoms with E-state index in [0.717, 1.165) is 24.5 Å². The highest BCUT2D eigenvalue weighted by Crippen LogP contribution is 2.07. The molecule has 2 N–H and O–H groups in total. The Balaban J connectivity index is 2.08. The Hall–Kier alpha value is -1.42. The maximum atomic E-state index is 4.96. The number of benzene rings is 1. The molecule has 2 rings (SSSR count). The van der Waals surface area contributed by atoms with Gasteiger partial charge in [-0.15, -0.1) is 0 Å². The van der Waals surface area contributed by atoms with Crippen molar-refractivity contribution in [2.45, 2.75) is 6.42 Å². The first-order chi connectivity index (χ1) is 6.84. The average molecular weight is 205 g/mol. The van der Waals surface area contributed by atoms with Crippen molar-refractivity contribution in [1.82, 2.24) is 5.32 Å². The highest BCUT2D eigenvalue weighted by atomic mass is 32.1. The lowest BCUT2D eigenvalue weighted by Crippen LogP contribution is -2.32. The number of anilines is 1. The van der Waals surface area contributed by atoms with Crippen LogP contribution in [0.1, 0.15) is 6.42 Å². The highest BCUT2D eigenvalue weighted by molar-refractivity contribution is 7.80. The number of aliphatic imine (C=N–C) groups is 1. The van der Waals surface area contributed by atoms with E-state index in [4.69, 9.17) is 12.2 Å². The number of hydrogen-bond donors (Lipinski definition) is 2. The molecular weight excluding hydrogens is 194 g/mol. The molecule has 0 atom stereocenters. The number of nitrogens with one attached hydrogen (secondary N) is 2. The number of amidine groups is 1. The summed E-state index contributed by atoms with van der Waals surface area (Å²) in [5.74, 6) is 0.931. The van der Waals surface area contributed by atoms with Crippen molar-refractivity contribution in [3.63, 3.8) is 0 Å². The maximum absolute atomic E-state index is 4.96. The molecule has 0 spiro atoms. The van der Waals surface area contributed by atoms with Gasteiger partial charge in [0.15, 0.2) is 5.11 Å². The Morgan fingerprint density at radius 3 is 2.79 bits per heavy atom. The molecule has 0 fully saturated rings. The van der Waals surface area contributed by atoms with Crippen LogP contribution in [0.4, 0.5) is 5.69 Å². The van der Waals surface area contributed by atoms with Crippen LogP contribution in [0.5, 0.6) is 0 Å². The first-order valence-electron chi connectivity index (χ1n) is 4.52. The van der Waals surface area contributed by atoms with Gasteiger partial charge in [-0.3, -0.25) is 0 Å². The van der Waals surface area contributed by atoms with Gasteiger partial charge >= 0.3 is 0 Å². The third kappa shape index (κ3) is 2.29. The summed E-state index contributed by atoms with van der Waals surface area (Å²) in [6.45, 7) is 0.859. The van der Waals surface area contributed by atoms with Crippen LogP contribution in [-0.4, -0.2) is 17.5 Å². The monoisotopic (exact) mass is 205 g/mol. The lowest BCUT2D eigenvalue weighted by molar-refractivity contribution is 0.892. The summed E-state index contributed by atoms with van der Waals surface area (Å²) in [7, 11) is 0. The van der Waals surface area contributed by atoms with Crippen molar-refractivity contribution in [2.75, 3.05) is 11.9 Å². The van der Waals surface area contributed by atoms with Gasteiger partial charge in [-0.05, 0) is 24.4 Å². The van der Waals surface area contributed by atoms with Crippen LogP contribution in [0.3, 0.4) is 0 Å². The summed E-state index contributed by atoms with van der Waals surface area (Å²) < 4.78 is 0. The lowest BCUT2D eigenvalue weighted by atomic mass is 10.3. The standard InChI is InChI=1S/C10H11N3S/c14-10-11-7-6-9(13-10)12-8-4-2-1-3-5-8/h1-5H,6-7H2,(H2,11,12,13,14). The summed E-state index contributed by atoms with van der Waals surface area (Å²) in [6.07, 6.45) is 0.884. The van der Waals surface area contributed by atoms with E-state index in [1.54, 1.807) is 0 Å². The fraction of sp³-hybridized carbons (Fsp3) is 0.200. The minimum absolute atomic E-state index is 0.565. The fourth-order valence-corrected chi connectivity index (χ4v) is 1.50. The second-order valence-corrected chi connectivity index (χ2v) is 3.42. The number of rotatable bonds is 1. The Labute approximate surface area is 88.2 Å². The van der Waals surface area contributed by atoms with Crippen LogP contribution in [0.15, 0.2) is 35.3 Å². The molecule has 3 nitrogen and oxygen atoms in total. The molecule has 4 heteroatoms. The quantitative estimate of drug-likeness (QED) is 0.686. The molecule has 0 aliphatic carbocycles. The van der Waals surface area contributed by atoms with Gasteiger partial charge in [0.1, 0.15) is 5.84 Å². The van der Waals surface area contributed by atoms with Crippen molar-refractivity contribution >= 4 is 28.9 Å². The predicted octanol–water partition coefficient (Wildman–Crippen LogP) is 1.78. The Bertz CT molecular complexity index is 359. The SMILES string of the molecule is S=C1N=C(Nc2ccccc2)CCN1. The van der Waals surface area contributed by atoms with Gasteiger partial charge in [-0.25, -0.2) is 4.99 Å². The molecule has 72 valence electrons. The molecule has 0 radical (unpaired) electrons. The minimum Gasteiger partial charge on any atom is -0.360 e. The predicted molar refractivity (Wildman–Crippen MR) is 62.7 cm³/mol. The summed E-state index contributed by atoms with van der Waals surface area (Å²) in [5.41, 5.74) is 1.05. The molecule has 1 heterocycles. The fourth-order valence-electron chi connectivity index (χ4n) is 1.28. The zero-order valence-electron chi connectivity index (χ0n) is 7.66. The summed E-state index contributed by atoms with van der Waals surface area (Å²) in [4.78, 5) is 4.20. The van der Waals surface area contributed by atoms with Gasteiger partial charge in [0, 0.05) is 18.7 Å². The summed E-state index contributed by atoms with van der Waals surface area (Å²) in [5, 5.41) is 6.80. The van der Waals surface area contributed by atoms with Crippen LogP contribution in [0.2, 0.25) is 0 Å². The van der Waals surface area contributed by atoms with Crippen LogP contribution in [-0.2, 0) is 0 Å². The molecule has 0 bridgehead atoms. The van der Waals surface area contributed by atoms with Gasteiger partial charge in [-0.1, -0.05) is 18.2 Å². The van der Waals surface area contributed by atoms with Crippen molar-refractivity contribution in [3.05, 3.63) is 30.3 Å². The summed E-state index contributed by atoms with van der Waals surface area (Å²) >= 11 is 4.96. The largest absolute Gasteiger partial charge is 0.360 e. The molecule has 14 heavy (non-hydrogen) atoms. The van der Waals surface area contributed by atoms with Crippen molar-refractivity contribution in [3.8, 4) is 0 Å². The molecule has 0 amide bonds. The molecule has 1 aliphatic heterocycles. The van der Waals surface area contributed by atoms with Gasteiger partial charge in [0.25, 0.3) is 0 Å². The molecular formula is C10H11N3S. The average Bonchev–Trinajstić information content (AvgIpc) is 2.19. The van der Waals surface area contributed by atoms with E-state index in [0.29, 0.717) is 5.11 Å². The topological polar surface area (TPSA) is 36.4 Å². The van der Waals surface area contributed by atoms with Gasteiger partial charge in [-0.2, -0.15) is 0 Å². The van der Waals surface area contributed by atoms with Crippen molar-refractivity contribution in [2.24, 2.45) is 4.99 Å². The van der Waals surface area contributed by atoms with Crippen LogP contribution in [0.25, 0.3) is 0 Å². The maximum Gasteiger partial charge on any atom is 0.194 e. The van der Waals surface area contributed by atoms with Crippen molar-refractivity contribution < 1.29 is 0 Å². The van der Waals surface area contributed by atoms with E-state index < -0.39 is 0 Å². The van der Waals surface area contributed by atoms with E-state index >= 15 is 0 Å². The lowest BCUT2D eigenvalue weighted by Gasteiger charge is -2.15. The number of para-hydroxylation sites is 1. The van der Waals surface area contributed by atoms with Gasteiger partial charge in [0.2, 0.25) is 0 Å². The van der Waals surface area contributed by atoms with E-state index in [-0.39, 0.29) is 0 Å². The van der Waals surface area contributed by atoms with Crippen LogP contribution in [0, 0.1) is 0 Å².